The van der Waals surface area contributed by atoms with E-state index in [0.29, 0.717) is 6.04 Å². The number of hydrogen-bond acceptors (Lipinski definition) is 3. The summed E-state index contributed by atoms with van der Waals surface area (Å²) in [5.41, 5.74) is 1.19. The van der Waals surface area contributed by atoms with Gasteiger partial charge in [-0.05, 0) is 44.0 Å². The van der Waals surface area contributed by atoms with Crippen LogP contribution in [0.5, 0.6) is 0 Å². The Morgan fingerprint density at radius 3 is 3.11 bits per heavy atom. The third-order valence-electron chi connectivity index (χ3n) is 3.72. The van der Waals surface area contributed by atoms with Gasteiger partial charge in [-0.2, -0.15) is 0 Å². The van der Waals surface area contributed by atoms with Crippen LogP contribution in [0.1, 0.15) is 38.2 Å². The second-order valence-electron chi connectivity index (χ2n) is 5.35. The van der Waals surface area contributed by atoms with Crippen molar-refractivity contribution in [1.82, 2.24) is 15.2 Å². The molecule has 1 aromatic rings. The molecular weight excluding hydrogens is 258 g/mol. The van der Waals surface area contributed by atoms with Crippen LogP contribution in [0.4, 0.5) is 0 Å². The van der Waals surface area contributed by atoms with E-state index >= 15 is 0 Å². The van der Waals surface area contributed by atoms with Gasteiger partial charge in [0, 0.05) is 31.5 Å². The summed E-state index contributed by atoms with van der Waals surface area (Å²) in [6, 6.07) is 2.68. The summed E-state index contributed by atoms with van der Waals surface area (Å²) in [6.07, 6.45) is 8.65. The minimum atomic E-state index is 0.650. The molecule has 0 aromatic carbocycles. The molecule has 0 aliphatic carbocycles. The lowest BCUT2D eigenvalue weighted by molar-refractivity contribution is 0.237. The fourth-order valence-corrected chi connectivity index (χ4v) is 2.79. The van der Waals surface area contributed by atoms with Crippen LogP contribution in [-0.2, 0) is 6.54 Å². The predicted molar refractivity (Wildman–Crippen MR) is 80.5 cm³/mol. The number of halogens is 1. The lowest BCUT2D eigenvalue weighted by Crippen LogP contribution is -2.37. The molecule has 19 heavy (non-hydrogen) atoms. The van der Waals surface area contributed by atoms with Gasteiger partial charge < -0.3 is 5.32 Å². The molecule has 0 amide bonds. The third kappa shape index (κ3) is 4.75. The van der Waals surface area contributed by atoms with E-state index in [0.717, 1.165) is 24.7 Å². The van der Waals surface area contributed by atoms with Gasteiger partial charge in [-0.25, -0.2) is 0 Å². The maximum absolute atomic E-state index is 6.21. The highest BCUT2D eigenvalue weighted by molar-refractivity contribution is 6.31. The largest absolute Gasteiger partial charge is 0.313 e. The van der Waals surface area contributed by atoms with E-state index in [1.807, 2.05) is 12.3 Å². The van der Waals surface area contributed by atoms with Gasteiger partial charge in [0.2, 0.25) is 0 Å². The minimum Gasteiger partial charge on any atom is -0.313 e. The standard InChI is InChI=1S/C15H24ClN3/c1-2-3-9-19(12-14-5-4-7-18-14)11-13-6-8-17-10-15(13)16/h6,8,10,14,18H,2-5,7,9,11-12H2,1H3. The molecular formula is C15H24ClN3. The molecule has 0 bridgehead atoms. The van der Waals surface area contributed by atoms with Crippen molar-refractivity contribution >= 4 is 11.6 Å². The smallest absolute Gasteiger partial charge is 0.0634 e. The Hall–Kier alpha value is -0.640. The molecule has 1 fully saturated rings. The van der Waals surface area contributed by atoms with Crippen LogP contribution in [-0.4, -0.2) is 35.6 Å². The van der Waals surface area contributed by atoms with E-state index in [1.165, 1.54) is 37.8 Å². The van der Waals surface area contributed by atoms with E-state index in [2.05, 4.69) is 22.1 Å². The van der Waals surface area contributed by atoms with Gasteiger partial charge in [0.25, 0.3) is 0 Å². The first-order valence-electron chi connectivity index (χ1n) is 7.33. The summed E-state index contributed by atoms with van der Waals surface area (Å²) in [6.45, 7) is 6.61. The van der Waals surface area contributed by atoms with Gasteiger partial charge in [-0.3, -0.25) is 9.88 Å². The zero-order chi connectivity index (χ0) is 13.5. The summed E-state index contributed by atoms with van der Waals surface area (Å²) < 4.78 is 0. The normalized spacial score (nSPS) is 19.2. The first kappa shape index (κ1) is 14.8. The lowest BCUT2D eigenvalue weighted by Gasteiger charge is -2.26. The van der Waals surface area contributed by atoms with E-state index < -0.39 is 0 Å². The fourth-order valence-electron chi connectivity index (χ4n) is 2.61. The monoisotopic (exact) mass is 281 g/mol. The van der Waals surface area contributed by atoms with Crippen molar-refractivity contribution in [2.24, 2.45) is 0 Å². The summed E-state index contributed by atoms with van der Waals surface area (Å²) >= 11 is 6.21. The molecule has 2 heterocycles. The van der Waals surface area contributed by atoms with Crippen molar-refractivity contribution < 1.29 is 0 Å². The number of aromatic nitrogens is 1. The van der Waals surface area contributed by atoms with E-state index in [4.69, 9.17) is 11.6 Å². The summed E-state index contributed by atoms with van der Waals surface area (Å²) in [7, 11) is 0. The Morgan fingerprint density at radius 2 is 2.42 bits per heavy atom. The molecule has 0 radical (unpaired) electrons. The molecule has 0 saturated carbocycles. The van der Waals surface area contributed by atoms with Gasteiger partial charge in [0.05, 0.1) is 5.02 Å². The lowest BCUT2D eigenvalue weighted by atomic mass is 10.1. The summed E-state index contributed by atoms with van der Waals surface area (Å²) in [5, 5.41) is 4.36. The van der Waals surface area contributed by atoms with Crippen LogP contribution < -0.4 is 5.32 Å². The molecule has 1 aliphatic rings. The van der Waals surface area contributed by atoms with Crippen molar-refractivity contribution in [3.63, 3.8) is 0 Å². The quantitative estimate of drug-likeness (QED) is 0.832. The highest BCUT2D eigenvalue weighted by atomic mass is 35.5. The topological polar surface area (TPSA) is 28.2 Å². The van der Waals surface area contributed by atoms with Gasteiger partial charge in [0.15, 0.2) is 0 Å². The summed E-state index contributed by atoms with van der Waals surface area (Å²) in [4.78, 5) is 6.58. The van der Waals surface area contributed by atoms with Crippen LogP contribution in [0, 0.1) is 0 Å². The van der Waals surface area contributed by atoms with Crippen LogP contribution in [0.15, 0.2) is 18.5 Å². The predicted octanol–water partition coefficient (Wildman–Crippen LogP) is 3.09. The molecule has 1 aliphatic heterocycles. The average molecular weight is 282 g/mol. The molecule has 0 spiro atoms. The highest BCUT2D eigenvalue weighted by Crippen LogP contribution is 2.17. The maximum Gasteiger partial charge on any atom is 0.0634 e. The SMILES string of the molecule is CCCCN(Cc1ccncc1Cl)CC1CCCN1. The fraction of sp³-hybridized carbons (Fsp3) is 0.667. The Labute approximate surface area is 121 Å². The van der Waals surface area contributed by atoms with Crippen LogP contribution in [0.3, 0.4) is 0 Å². The van der Waals surface area contributed by atoms with Gasteiger partial charge in [-0.15, -0.1) is 0 Å². The number of nitrogens with one attached hydrogen (secondary N) is 1. The molecule has 4 heteroatoms. The van der Waals surface area contributed by atoms with E-state index in [1.54, 1.807) is 6.20 Å². The highest BCUT2D eigenvalue weighted by Gasteiger charge is 2.18. The Balaban J connectivity index is 1.94. The molecule has 2 rings (SSSR count). The molecule has 3 nitrogen and oxygen atoms in total. The zero-order valence-corrected chi connectivity index (χ0v) is 12.5. The third-order valence-corrected chi connectivity index (χ3v) is 4.06. The second-order valence-corrected chi connectivity index (χ2v) is 5.76. The summed E-state index contributed by atoms with van der Waals surface area (Å²) in [5.74, 6) is 0. The first-order chi connectivity index (χ1) is 9.29. The molecule has 1 aromatic heterocycles. The first-order valence-corrected chi connectivity index (χ1v) is 7.71. The average Bonchev–Trinajstić information content (AvgIpc) is 2.91. The van der Waals surface area contributed by atoms with Crippen LogP contribution in [0.2, 0.25) is 5.02 Å². The Bertz CT molecular complexity index is 377. The van der Waals surface area contributed by atoms with Crippen LogP contribution >= 0.6 is 11.6 Å². The molecule has 1 atom stereocenters. The minimum absolute atomic E-state index is 0.650. The van der Waals surface area contributed by atoms with Gasteiger partial charge in [-0.1, -0.05) is 24.9 Å². The van der Waals surface area contributed by atoms with Crippen molar-refractivity contribution in [2.75, 3.05) is 19.6 Å². The van der Waals surface area contributed by atoms with E-state index in [9.17, 15) is 0 Å². The molecule has 1 saturated heterocycles. The van der Waals surface area contributed by atoms with Crippen molar-refractivity contribution in [2.45, 2.75) is 45.2 Å². The van der Waals surface area contributed by atoms with Crippen molar-refractivity contribution in [3.8, 4) is 0 Å². The Kier molecular flexibility index (Phi) is 6.08. The second kappa shape index (κ2) is 7.83. The van der Waals surface area contributed by atoms with Gasteiger partial charge >= 0.3 is 0 Å². The van der Waals surface area contributed by atoms with Gasteiger partial charge in [0.1, 0.15) is 0 Å². The Morgan fingerprint density at radius 1 is 1.53 bits per heavy atom. The number of rotatable bonds is 7. The molecule has 1 N–H and O–H groups in total. The molecule has 1 unspecified atom stereocenters. The van der Waals surface area contributed by atoms with E-state index in [-0.39, 0.29) is 0 Å². The van der Waals surface area contributed by atoms with Crippen molar-refractivity contribution in [3.05, 3.63) is 29.0 Å². The number of hydrogen-bond donors (Lipinski definition) is 1. The zero-order valence-electron chi connectivity index (χ0n) is 11.7. The van der Waals surface area contributed by atoms with Crippen molar-refractivity contribution in [1.29, 1.82) is 0 Å². The number of pyridine rings is 1. The molecule has 106 valence electrons. The maximum atomic E-state index is 6.21. The number of nitrogens with zero attached hydrogens (tertiary/aromatic N) is 2. The number of unbranched alkanes of at least 4 members (excludes halogenated alkanes) is 1. The van der Waals surface area contributed by atoms with Crippen LogP contribution in [0.25, 0.3) is 0 Å².